The predicted molar refractivity (Wildman–Crippen MR) is 63.9 cm³/mol. The summed E-state index contributed by atoms with van der Waals surface area (Å²) in [5.41, 5.74) is 1.51. The Labute approximate surface area is 103 Å². The largest absolute Gasteiger partial charge is 0.507 e. The van der Waals surface area contributed by atoms with E-state index < -0.39 is 5.97 Å². The molecule has 0 radical (unpaired) electrons. The summed E-state index contributed by atoms with van der Waals surface area (Å²) in [6, 6.07) is 4.52. The molecular weight excluding hydrogens is 236 g/mol. The quantitative estimate of drug-likeness (QED) is 0.769. The summed E-state index contributed by atoms with van der Waals surface area (Å²) in [5, 5.41) is 24.9. The van der Waals surface area contributed by atoms with Crippen molar-refractivity contribution in [3.63, 3.8) is 0 Å². The standard InChI is InChI=1S/C12H12N2O4/c1-6-3-10(15)7(4-11(6)18-2)8-5-9(12(16)17)14-13-8/h3-5,15H,1-2H3,(H,13,14)(H,16,17). The van der Waals surface area contributed by atoms with Crippen LogP contribution in [-0.2, 0) is 0 Å². The number of aromatic nitrogens is 2. The van der Waals surface area contributed by atoms with E-state index in [-0.39, 0.29) is 11.4 Å². The van der Waals surface area contributed by atoms with Crippen molar-refractivity contribution in [3.8, 4) is 22.8 Å². The lowest BCUT2D eigenvalue weighted by molar-refractivity contribution is 0.0690. The molecule has 0 spiro atoms. The fourth-order valence-electron chi connectivity index (χ4n) is 1.67. The highest BCUT2D eigenvalue weighted by molar-refractivity contribution is 5.87. The van der Waals surface area contributed by atoms with Crippen molar-refractivity contribution in [1.29, 1.82) is 0 Å². The molecule has 1 aromatic heterocycles. The number of aryl methyl sites for hydroxylation is 1. The van der Waals surface area contributed by atoms with Gasteiger partial charge in [-0.05, 0) is 30.7 Å². The molecule has 0 fully saturated rings. The third kappa shape index (κ3) is 2.00. The Kier molecular flexibility index (Phi) is 2.93. The third-order valence-electron chi connectivity index (χ3n) is 2.60. The monoisotopic (exact) mass is 248 g/mol. The molecule has 0 amide bonds. The highest BCUT2D eigenvalue weighted by Crippen LogP contribution is 2.34. The van der Waals surface area contributed by atoms with Crippen LogP contribution in [0.25, 0.3) is 11.3 Å². The first-order valence-corrected chi connectivity index (χ1v) is 5.19. The number of H-pyrrole nitrogens is 1. The molecule has 0 unspecified atom stereocenters. The smallest absolute Gasteiger partial charge is 0.353 e. The van der Waals surface area contributed by atoms with E-state index in [4.69, 9.17) is 9.84 Å². The lowest BCUT2D eigenvalue weighted by Crippen LogP contribution is -1.95. The van der Waals surface area contributed by atoms with E-state index in [1.54, 1.807) is 19.1 Å². The van der Waals surface area contributed by atoms with Crippen molar-refractivity contribution in [2.45, 2.75) is 6.92 Å². The maximum atomic E-state index is 10.7. The molecule has 0 saturated carbocycles. The highest BCUT2D eigenvalue weighted by atomic mass is 16.5. The van der Waals surface area contributed by atoms with E-state index in [1.807, 2.05) is 0 Å². The van der Waals surface area contributed by atoms with Gasteiger partial charge in [0.1, 0.15) is 17.2 Å². The molecule has 0 atom stereocenters. The number of carboxylic acid groups (broad SMARTS) is 1. The minimum absolute atomic E-state index is 0.0248. The first-order chi connectivity index (χ1) is 8.52. The first-order valence-electron chi connectivity index (χ1n) is 5.19. The minimum atomic E-state index is -1.10. The zero-order valence-electron chi connectivity index (χ0n) is 9.89. The molecule has 1 aromatic carbocycles. The molecule has 0 aliphatic carbocycles. The van der Waals surface area contributed by atoms with Crippen molar-refractivity contribution >= 4 is 5.97 Å². The van der Waals surface area contributed by atoms with Crippen LogP contribution in [0, 0.1) is 6.92 Å². The Hall–Kier alpha value is -2.50. The molecule has 18 heavy (non-hydrogen) atoms. The second-order valence-corrected chi connectivity index (χ2v) is 3.81. The average Bonchev–Trinajstić information content (AvgIpc) is 2.78. The average molecular weight is 248 g/mol. The lowest BCUT2D eigenvalue weighted by atomic mass is 10.1. The summed E-state index contributed by atoms with van der Waals surface area (Å²) >= 11 is 0. The minimum Gasteiger partial charge on any atom is -0.507 e. The van der Waals surface area contributed by atoms with Crippen LogP contribution in [0.15, 0.2) is 18.2 Å². The summed E-state index contributed by atoms with van der Waals surface area (Å²) in [6.07, 6.45) is 0. The Morgan fingerprint density at radius 2 is 2.11 bits per heavy atom. The normalized spacial score (nSPS) is 10.3. The summed E-state index contributed by atoms with van der Waals surface area (Å²) in [6.45, 7) is 1.80. The van der Waals surface area contributed by atoms with Gasteiger partial charge < -0.3 is 14.9 Å². The van der Waals surface area contributed by atoms with Gasteiger partial charge in [0.25, 0.3) is 0 Å². The molecule has 94 valence electrons. The number of ether oxygens (including phenoxy) is 1. The maximum absolute atomic E-state index is 10.7. The van der Waals surface area contributed by atoms with Crippen molar-refractivity contribution in [2.24, 2.45) is 0 Å². The summed E-state index contributed by atoms with van der Waals surface area (Å²) in [5.74, 6) is -0.480. The molecule has 0 saturated heterocycles. The van der Waals surface area contributed by atoms with Crippen molar-refractivity contribution in [3.05, 3.63) is 29.5 Å². The molecule has 3 N–H and O–H groups in total. The molecule has 0 aliphatic heterocycles. The Balaban J connectivity index is 2.52. The van der Waals surface area contributed by atoms with Gasteiger partial charge in [0.15, 0.2) is 0 Å². The first kappa shape index (κ1) is 12.0. The lowest BCUT2D eigenvalue weighted by Gasteiger charge is -2.08. The van der Waals surface area contributed by atoms with E-state index in [0.29, 0.717) is 17.0 Å². The van der Waals surface area contributed by atoms with Crippen molar-refractivity contribution in [1.82, 2.24) is 10.2 Å². The van der Waals surface area contributed by atoms with Crippen LogP contribution >= 0.6 is 0 Å². The van der Waals surface area contributed by atoms with E-state index in [0.717, 1.165) is 5.56 Å². The number of rotatable bonds is 3. The molecular formula is C12H12N2O4. The number of aromatic carboxylic acids is 1. The van der Waals surface area contributed by atoms with Gasteiger partial charge in [-0.3, -0.25) is 5.10 Å². The Morgan fingerprint density at radius 1 is 1.39 bits per heavy atom. The molecule has 2 aromatic rings. The number of methoxy groups -OCH3 is 1. The summed E-state index contributed by atoms with van der Waals surface area (Å²) in [7, 11) is 1.52. The summed E-state index contributed by atoms with van der Waals surface area (Å²) < 4.78 is 5.15. The second kappa shape index (κ2) is 4.40. The SMILES string of the molecule is COc1cc(-c2cc(C(=O)O)[nH]n2)c(O)cc1C. The van der Waals surface area contributed by atoms with Crippen LogP contribution in [-0.4, -0.2) is 33.5 Å². The Bertz CT molecular complexity index is 604. The van der Waals surface area contributed by atoms with Gasteiger partial charge in [-0.2, -0.15) is 5.10 Å². The van der Waals surface area contributed by atoms with Gasteiger partial charge in [-0.15, -0.1) is 0 Å². The van der Waals surface area contributed by atoms with Gasteiger partial charge in [-0.25, -0.2) is 4.79 Å². The number of aromatic amines is 1. The number of carbonyl (C=O) groups is 1. The fourth-order valence-corrected chi connectivity index (χ4v) is 1.67. The third-order valence-corrected chi connectivity index (χ3v) is 2.60. The number of nitrogens with one attached hydrogen (secondary N) is 1. The van der Waals surface area contributed by atoms with Crippen LogP contribution in [0.2, 0.25) is 0 Å². The zero-order valence-corrected chi connectivity index (χ0v) is 9.89. The van der Waals surface area contributed by atoms with Gasteiger partial charge in [0, 0.05) is 5.56 Å². The second-order valence-electron chi connectivity index (χ2n) is 3.81. The highest BCUT2D eigenvalue weighted by Gasteiger charge is 2.14. The van der Waals surface area contributed by atoms with Gasteiger partial charge in [0.2, 0.25) is 0 Å². The van der Waals surface area contributed by atoms with E-state index in [9.17, 15) is 9.90 Å². The van der Waals surface area contributed by atoms with Gasteiger partial charge in [0.05, 0.1) is 12.8 Å². The fraction of sp³-hybridized carbons (Fsp3) is 0.167. The summed E-state index contributed by atoms with van der Waals surface area (Å²) in [4.78, 5) is 10.7. The molecule has 0 aliphatic rings. The van der Waals surface area contributed by atoms with Crippen LogP contribution in [0.3, 0.4) is 0 Å². The number of carboxylic acids is 1. The number of hydrogen-bond donors (Lipinski definition) is 3. The Morgan fingerprint density at radius 3 is 2.67 bits per heavy atom. The topological polar surface area (TPSA) is 95.4 Å². The van der Waals surface area contributed by atoms with E-state index >= 15 is 0 Å². The number of nitrogens with zero attached hydrogens (tertiary/aromatic N) is 1. The van der Waals surface area contributed by atoms with Gasteiger partial charge >= 0.3 is 5.97 Å². The van der Waals surface area contributed by atoms with Crippen LogP contribution in [0.1, 0.15) is 16.1 Å². The van der Waals surface area contributed by atoms with Crippen LogP contribution in [0.4, 0.5) is 0 Å². The number of phenols is 1. The van der Waals surface area contributed by atoms with E-state index in [1.165, 1.54) is 13.2 Å². The molecule has 6 heteroatoms. The molecule has 1 heterocycles. The predicted octanol–water partition coefficient (Wildman–Crippen LogP) is 1.80. The van der Waals surface area contributed by atoms with Crippen molar-refractivity contribution < 1.29 is 19.7 Å². The number of phenolic OH excluding ortho intramolecular Hbond substituents is 1. The van der Waals surface area contributed by atoms with Crippen LogP contribution in [0.5, 0.6) is 11.5 Å². The van der Waals surface area contributed by atoms with E-state index in [2.05, 4.69) is 10.2 Å². The molecule has 2 rings (SSSR count). The zero-order chi connectivity index (χ0) is 13.3. The maximum Gasteiger partial charge on any atom is 0.353 e. The number of aromatic hydroxyl groups is 1. The van der Waals surface area contributed by atoms with Crippen molar-refractivity contribution in [2.75, 3.05) is 7.11 Å². The van der Waals surface area contributed by atoms with Gasteiger partial charge in [-0.1, -0.05) is 0 Å². The molecule has 0 bridgehead atoms. The number of hydrogen-bond acceptors (Lipinski definition) is 4. The number of benzene rings is 1. The van der Waals surface area contributed by atoms with Crippen LogP contribution < -0.4 is 4.74 Å². The molecule has 6 nitrogen and oxygen atoms in total.